The van der Waals surface area contributed by atoms with E-state index in [1.165, 1.54) is 0 Å². The molecule has 1 aliphatic rings. The third-order valence-electron chi connectivity index (χ3n) is 3.49. The van der Waals surface area contributed by atoms with Crippen LogP contribution in [0.5, 0.6) is 0 Å². The third-order valence-corrected chi connectivity index (χ3v) is 3.65. The van der Waals surface area contributed by atoms with Crippen LogP contribution < -0.4 is 0 Å². The number of piperidine rings is 1. The summed E-state index contributed by atoms with van der Waals surface area (Å²) in [5, 5.41) is 7.97. The second-order valence-corrected chi connectivity index (χ2v) is 5.41. The second kappa shape index (κ2) is 6.99. The van der Waals surface area contributed by atoms with E-state index in [1.54, 1.807) is 6.07 Å². The first-order valence-corrected chi connectivity index (χ1v) is 7.43. The zero-order valence-corrected chi connectivity index (χ0v) is 12.7. The molecule has 1 saturated heterocycles. The summed E-state index contributed by atoms with van der Waals surface area (Å²) in [6.07, 6.45) is 1.94. The van der Waals surface area contributed by atoms with Gasteiger partial charge in [0.05, 0.1) is 29.7 Å². The molecule has 20 heavy (non-hydrogen) atoms. The van der Waals surface area contributed by atoms with Crippen LogP contribution in [-0.4, -0.2) is 52.7 Å². The summed E-state index contributed by atoms with van der Waals surface area (Å²) in [7, 11) is 0. The fraction of sp³-hybridized carbons (Fsp3) is 0.643. The Kier molecular flexibility index (Phi) is 5.31. The number of nitrogens with zero attached hydrogens (tertiary/aromatic N) is 3. The van der Waals surface area contributed by atoms with Crippen LogP contribution >= 0.6 is 11.6 Å². The second-order valence-electron chi connectivity index (χ2n) is 5.04. The van der Waals surface area contributed by atoms with Crippen LogP contribution in [0.25, 0.3) is 0 Å². The van der Waals surface area contributed by atoms with Crippen molar-refractivity contribution in [2.75, 3.05) is 25.6 Å². The number of hydrogen-bond donors (Lipinski definition) is 0. The van der Waals surface area contributed by atoms with Crippen molar-refractivity contribution in [1.82, 2.24) is 15.1 Å². The average Bonchev–Trinajstić information content (AvgIpc) is 2.47. The molecule has 5 nitrogen and oxygen atoms in total. The highest BCUT2D eigenvalue weighted by molar-refractivity contribution is 6.17. The first-order chi connectivity index (χ1) is 9.61. The highest BCUT2D eigenvalue weighted by atomic mass is 35.5. The van der Waals surface area contributed by atoms with Gasteiger partial charge in [-0.2, -0.15) is 10.2 Å². The Morgan fingerprint density at radius 1 is 1.40 bits per heavy atom. The lowest BCUT2D eigenvalue weighted by Gasteiger charge is -2.32. The van der Waals surface area contributed by atoms with E-state index in [9.17, 15) is 4.79 Å². The lowest BCUT2D eigenvalue weighted by Crippen LogP contribution is -2.41. The van der Waals surface area contributed by atoms with Crippen molar-refractivity contribution >= 4 is 17.5 Å². The molecule has 1 amide bonds. The van der Waals surface area contributed by atoms with Gasteiger partial charge < -0.3 is 9.64 Å². The molecule has 110 valence electrons. The van der Waals surface area contributed by atoms with Crippen molar-refractivity contribution in [2.24, 2.45) is 0 Å². The Labute approximate surface area is 124 Å². The van der Waals surface area contributed by atoms with Crippen LogP contribution in [0.2, 0.25) is 0 Å². The van der Waals surface area contributed by atoms with Gasteiger partial charge in [0.15, 0.2) is 0 Å². The van der Waals surface area contributed by atoms with Gasteiger partial charge in [0, 0.05) is 19.0 Å². The molecule has 1 fully saturated rings. The van der Waals surface area contributed by atoms with E-state index >= 15 is 0 Å². The predicted octanol–water partition coefficient (Wildman–Crippen LogP) is 1.95. The van der Waals surface area contributed by atoms with E-state index in [1.807, 2.05) is 18.7 Å². The summed E-state index contributed by atoms with van der Waals surface area (Å²) in [6, 6.07) is 1.81. The molecule has 0 spiro atoms. The number of rotatable bonds is 4. The largest absolute Gasteiger partial charge is 0.377 e. The molecule has 1 aliphatic heterocycles. The summed E-state index contributed by atoms with van der Waals surface area (Å²) < 4.78 is 5.62. The molecule has 1 aromatic heterocycles. The number of carbonyl (C=O) groups is 1. The van der Waals surface area contributed by atoms with E-state index in [4.69, 9.17) is 16.3 Å². The summed E-state index contributed by atoms with van der Waals surface area (Å²) in [6.45, 7) is 5.66. The quantitative estimate of drug-likeness (QED) is 0.797. The Morgan fingerprint density at radius 2 is 2.10 bits per heavy atom. The Hall–Kier alpha value is -1.20. The molecule has 0 saturated carbocycles. The maximum Gasteiger partial charge on any atom is 0.255 e. The molecule has 1 aromatic rings. The van der Waals surface area contributed by atoms with Gasteiger partial charge in [-0.15, -0.1) is 11.6 Å². The van der Waals surface area contributed by atoms with Crippen molar-refractivity contribution in [3.05, 3.63) is 23.0 Å². The summed E-state index contributed by atoms with van der Waals surface area (Å²) >= 11 is 5.61. The SMILES string of the molecule is Cc1cc(C(=O)N2CCC(OCCCl)CC2)c(C)nn1. The zero-order valence-electron chi connectivity index (χ0n) is 11.9. The molecule has 0 radical (unpaired) electrons. The molecule has 2 heterocycles. The van der Waals surface area contributed by atoms with Crippen LogP contribution in [0.15, 0.2) is 6.07 Å². The normalized spacial score (nSPS) is 16.4. The van der Waals surface area contributed by atoms with Gasteiger partial charge in [0.2, 0.25) is 0 Å². The number of amides is 1. The molecule has 6 heteroatoms. The van der Waals surface area contributed by atoms with Gasteiger partial charge in [-0.1, -0.05) is 0 Å². The smallest absolute Gasteiger partial charge is 0.255 e. The predicted molar refractivity (Wildman–Crippen MR) is 77.1 cm³/mol. The standard InChI is InChI=1S/C14H20ClN3O2/c1-10-9-13(11(2)17-16-10)14(19)18-6-3-12(4-7-18)20-8-5-15/h9,12H,3-8H2,1-2H3. The van der Waals surface area contributed by atoms with Crippen LogP contribution in [-0.2, 0) is 4.74 Å². The first-order valence-electron chi connectivity index (χ1n) is 6.89. The maximum absolute atomic E-state index is 12.5. The lowest BCUT2D eigenvalue weighted by atomic mass is 10.1. The number of likely N-dealkylation sites (tertiary alicyclic amines) is 1. The number of ether oxygens (including phenoxy) is 1. The van der Waals surface area contributed by atoms with Crippen LogP contribution in [0.3, 0.4) is 0 Å². The Balaban J connectivity index is 1.96. The zero-order chi connectivity index (χ0) is 14.5. The maximum atomic E-state index is 12.5. The van der Waals surface area contributed by atoms with Gasteiger partial charge in [0.1, 0.15) is 0 Å². The van der Waals surface area contributed by atoms with Gasteiger partial charge in [-0.3, -0.25) is 4.79 Å². The molecule has 0 aromatic carbocycles. The Bertz CT molecular complexity index is 473. The molecule has 0 atom stereocenters. The number of halogens is 1. The summed E-state index contributed by atoms with van der Waals surface area (Å²) in [5.74, 6) is 0.552. The van der Waals surface area contributed by atoms with E-state index < -0.39 is 0 Å². The van der Waals surface area contributed by atoms with Gasteiger partial charge >= 0.3 is 0 Å². The minimum atomic E-state index is 0.0382. The van der Waals surface area contributed by atoms with E-state index in [-0.39, 0.29) is 12.0 Å². The van der Waals surface area contributed by atoms with Crippen molar-refractivity contribution in [3.8, 4) is 0 Å². The topological polar surface area (TPSA) is 55.3 Å². The molecular weight excluding hydrogens is 278 g/mol. The molecule has 0 aliphatic carbocycles. The summed E-state index contributed by atoms with van der Waals surface area (Å²) in [5.41, 5.74) is 2.10. The van der Waals surface area contributed by atoms with Gasteiger partial charge in [-0.25, -0.2) is 0 Å². The van der Waals surface area contributed by atoms with Crippen molar-refractivity contribution in [2.45, 2.75) is 32.8 Å². The fourth-order valence-electron chi connectivity index (χ4n) is 2.37. The average molecular weight is 298 g/mol. The molecule has 0 unspecified atom stereocenters. The highest BCUT2D eigenvalue weighted by Gasteiger charge is 2.25. The van der Waals surface area contributed by atoms with Crippen molar-refractivity contribution in [3.63, 3.8) is 0 Å². The number of aryl methyl sites for hydroxylation is 2. The van der Waals surface area contributed by atoms with Gasteiger partial charge in [0.25, 0.3) is 5.91 Å². The molecule has 0 bridgehead atoms. The van der Waals surface area contributed by atoms with Crippen molar-refractivity contribution < 1.29 is 9.53 Å². The molecule has 0 N–H and O–H groups in total. The fourth-order valence-corrected chi connectivity index (χ4v) is 2.46. The van der Waals surface area contributed by atoms with Crippen LogP contribution in [0.1, 0.15) is 34.6 Å². The van der Waals surface area contributed by atoms with Crippen LogP contribution in [0.4, 0.5) is 0 Å². The van der Waals surface area contributed by atoms with E-state index in [0.29, 0.717) is 36.8 Å². The van der Waals surface area contributed by atoms with E-state index in [0.717, 1.165) is 18.5 Å². The third kappa shape index (κ3) is 3.67. The van der Waals surface area contributed by atoms with E-state index in [2.05, 4.69) is 10.2 Å². The molecular formula is C14H20ClN3O2. The van der Waals surface area contributed by atoms with Crippen molar-refractivity contribution in [1.29, 1.82) is 0 Å². The molecule has 2 rings (SSSR count). The monoisotopic (exact) mass is 297 g/mol. The lowest BCUT2D eigenvalue weighted by molar-refractivity contribution is 0.0153. The number of hydrogen-bond acceptors (Lipinski definition) is 4. The highest BCUT2D eigenvalue weighted by Crippen LogP contribution is 2.17. The minimum Gasteiger partial charge on any atom is -0.377 e. The number of alkyl halides is 1. The number of aromatic nitrogens is 2. The van der Waals surface area contributed by atoms with Gasteiger partial charge in [-0.05, 0) is 32.8 Å². The minimum absolute atomic E-state index is 0.0382. The summed E-state index contributed by atoms with van der Waals surface area (Å²) in [4.78, 5) is 14.4. The van der Waals surface area contributed by atoms with Crippen LogP contribution in [0, 0.1) is 13.8 Å². The Morgan fingerprint density at radius 3 is 2.75 bits per heavy atom. The first kappa shape index (κ1) is 15.2. The number of carbonyl (C=O) groups excluding carboxylic acids is 1.